The lowest BCUT2D eigenvalue weighted by atomic mass is 9.90. The summed E-state index contributed by atoms with van der Waals surface area (Å²) in [6, 6.07) is 28.4. The van der Waals surface area contributed by atoms with Crippen molar-refractivity contribution in [3.8, 4) is 0 Å². The average molecular weight is 1140 g/mol. The van der Waals surface area contributed by atoms with Gasteiger partial charge in [0.25, 0.3) is 0 Å². The molecule has 10 heterocycles. The van der Waals surface area contributed by atoms with E-state index in [1.165, 1.54) is 88.5 Å². The molecule has 0 bridgehead atoms. The second-order valence-electron chi connectivity index (χ2n) is 22.2. The third-order valence-corrected chi connectivity index (χ3v) is 18.1. The molecule has 0 radical (unpaired) electrons. The lowest BCUT2D eigenvalue weighted by Gasteiger charge is -2.22. The smallest absolute Gasteiger partial charge is 0.132 e. The number of aromatic nitrogens is 5. The van der Waals surface area contributed by atoms with Crippen molar-refractivity contribution in [1.82, 2.24) is 51.5 Å². The van der Waals surface area contributed by atoms with Crippen molar-refractivity contribution in [2.45, 2.75) is 93.8 Å². The van der Waals surface area contributed by atoms with Crippen molar-refractivity contribution in [2.24, 2.45) is 0 Å². The van der Waals surface area contributed by atoms with E-state index in [1.807, 2.05) is 54.9 Å². The first-order valence-corrected chi connectivity index (χ1v) is 30.2. The molecule has 0 spiro atoms. The summed E-state index contributed by atoms with van der Waals surface area (Å²) in [5.74, 6) is 2.82. The summed E-state index contributed by atoms with van der Waals surface area (Å²) in [5, 5.41) is 25.0. The fraction of sp³-hybridized carbons (Fsp3) is 0.385. The van der Waals surface area contributed by atoms with E-state index in [4.69, 9.17) is 34.8 Å². The predicted molar refractivity (Wildman–Crippen MR) is 331 cm³/mol. The zero-order valence-electron chi connectivity index (χ0n) is 45.5. The summed E-state index contributed by atoms with van der Waals surface area (Å²) in [6.07, 6.45) is 22.3. The number of H-pyrrole nitrogens is 5. The van der Waals surface area contributed by atoms with Crippen LogP contribution in [0, 0.1) is 11.6 Å². The minimum Gasteiger partial charge on any atom is -0.361 e. The molecule has 0 unspecified atom stereocenters. The van der Waals surface area contributed by atoms with E-state index < -0.39 is 0 Å². The Kier molecular flexibility index (Phi) is 18.9. The largest absolute Gasteiger partial charge is 0.361 e. The number of nitrogens with one attached hydrogen (secondary N) is 10. The number of rotatable bonds is 5. The highest BCUT2D eigenvalue weighted by atomic mass is 35.5. The first-order chi connectivity index (χ1) is 39.3. The van der Waals surface area contributed by atoms with Crippen LogP contribution in [0.5, 0.6) is 0 Å². The molecule has 0 atom stereocenters. The van der Waals surface area contributed by atoms with Crippen LogP contribution in [0.3, 0.4) is 0 Å². The Morgan fingerprint density at radius 3 is 1.23 bits per heavy atom. The molecule has 0 amide bonds. The van der Waals surface area contributed by atoms with E-state index in [2.05, 4.69) is 94.4 Å². The van der Waals surface area contributed by atoms with Crippen molar-refractivity contribution >= 4 is 89.3 Å². The van der Waals surface area contributed by atoms with Gasteiger partial charge >= 0.3 is 0 Å². The van der Waals surface area contributed by atoms with Crippen LogP contribution in [-0.2, 0) is 0 Å². The summed E-state index contributed by atoms with van der Waals surface area (Å²) in [5.41, 5.74) is 12.1. The Labute approximate surface area is 482 Å². The molecule has 10 nitrogen and oxygen atoms in total. The maximum atomic E-state index is 13.8. The van der Waals surface area contributed by atoms with Gasteiger partial charge in [0.05, 0.1) is 5.02 Å². The third-order valence-electron chi connectivity index (χ3n) is 17.3. The van der Waals surface area contributed by atoms with Gasteiger partial charge in [-0.15, -0.1) is 0 Å². The van der Waals surface area contributed by atoms with Gasteiger partial charge < -0.3 is 51.5 Å². The maximum Gasteiger partial charge on any atom is 0.132 e. The summed E-state index contributed by atoms with van der Waals surface area (Å²) in [6.45, 7) is 10.9. The van der Waals surface area contributed by atoms with E-state index >= 15 is 0 Å². The van der Waals surface area contributed by atoms with Crippen molar-refractivity contribution in [2.75, 3.05) is 65.4 Å². The fourth-order valence-corrected chi connectivity index (χ4v) is 13.6. The van der Waals surface area contributed by atoms with Crippen LogP contribution >= 0.6 is 34.8 Å². The highest BCUT2D eigenvalue weighted by molar-refractivity contribution is 6.35. The normalized spacial score (nSPS) is 18.1. The zero-order valence-corrected chi connectivity index (χ0v) is 47.7. The van der Waals surface area contributed by atoms with Gasteiger partial charge in [-0.25, -0.2) is 8.78 Å². The number of hydrogen-bond acceptors (Lipinski definition) is 5. The molecule has 10 aromatic rings. The lowest BCUT2D eigenvalue weighted by molar-refractivity contribution is 0.461. The Bertz CT molecular complexity index is 3400. The minimum atomic E-state index is -0.151. The first kappa shape index (κ1) is 56.2. The van der Waals surface area contributed by atoms with Crippen LogP contribution in [0.1, 0.15) is 122 Å². The van der Waals surface area contributed by atoms with E-state index in [-0.39, 0.29) is 11.6 Å². The summed E-state index contributed by atoms with van der Waals surface area (Å²) in [4.78, 5) is 16.4. The Morgan fingerprint density at radius 1 is 0.325 bits per heavy atom. The molecule has 5 aromatic carbocycles. The van der Waals surface area contributed by atoms with Crippen LogP contribution < -0.4 is 26.6 Å². The average Bonchev–Trinajstić information content (AvgIpc) is 4.38. The Balaban J connectivity index is 0.000000105. The molecule has 15 heteroatoms. The third kappa shape index (κ3) is 13.3. The quantitative estimate of drug-likeness (QED) is 0.0836. The molecule has 80 heavy (non-hydrogen) atoms. The maximum absolute atomic E-state index is 13.8. The SMILES string of the molecule is Clc1ccc2[nH]cc(C3CCNCC3)c2c1.Clc1ccc2c(C3CCNCC3)c[nH]c2c1.Clc1cccc2[nH]cc(C3CCNCC3)c12.Fc1ccc2[nH]cc(C3CCNCC3)c2c1.Fc1cccc2[nH]cc(C3CCNCC3)c12. The summed E-state index contributed by atoms with van der Waals surface area (Å²) in [7, 11) is 0. The Morgan fingerprint density at radius 2 is 0.700 bits per heavy atom. The lowest BCUT2D eigenvalue weighted by Crippen LogP contribution is -2.26. The molecule has 15 rings (SSSR count). The fourth-order valence-electron chi connectivity index (χ4n) is 13.0. The topological polar surface area (TPSA) is 139 Å². The van der Waals surface area contributed by atoms with Gasteiger partial charge in [-0.05, 0) is 260 Å². The number of aromatic amines is 5. The van der Waals surface area contributed by atoms with E-state index in [9.17, 15) is 8.78 Å². The van der Waals surface area contributed by atoms with Crippen LogP contribution in [0.25, 0.3) is 54.5 Å². The van der Waals surface area contributed by atoms with Crippen molar-refractivity contribution in [3.05, 3.63) is 176 Å². The predicted octanol–water partition coefficient (Wildman–Crippen LogP) is 15.4. The van der Waals surface area contributed by atoms with Gasteiger partial charge in [0.2, 0.25) is 0 Å². The van der Waals surface area contributed by atoms with Gasteiger partial charge in [-0.3, -0.25) is 0 Å². The van der Waals surface area contributed by atoms with Gasteiger partial charge in [-0.2, -0.15) is 0 Å². The molecule has 0 aliphatic carbocycles. The summed E-state index contributed by atoms with van der Waals surface area (Å²) < 4.78 is 27.0. The number of benzene rings is 5. The minimum absolute atomic E-state index is 0.104. The van der Waals surface area contributed by atoms with E-state index in [0.717, 1.165) is 145 Å². The van der Waals surface area contributed by atoms with Gasteiger partial charge in [-0.1, -0.05) is 53.0 Å². The molecular weight excluding hydrogens is 1070 g/mol. The molecule has 5 aliphatic rings. The van der Waals surface area contributed by atoms with Gasteiger partial charge in [0, 0.05) is 95.5 Å². The van der Waals surface area contributed by atoms with Crippen molar-refractivity contribution < 1.29 is 8.78 Å². The second-order valence-corrected chi connectivity index (χ2v) is 23.5. The standard InChI is InChI=1S/3C13H15ClN2.2C13H15FN2/c14-10-1-2-13-11(7-10)12(8-16-13)9-3-5-15-6-4-9;14-10-1-2-11-12(8-16-13(11)7-10)9-3-5-15-6-4-9;14-11-2-1-3-12-13(11)10(8-16-12)9-4-6-15-7-5-9;14-10-1-2-13-11(7-10)12(8-16-13)9-3-5-15-6-4-9;14-11-2-1-3-12-13(11)10(8-16-12)9-4-6-15-7-5-9/h2*1-2,7-9,15-16H,3-6H2;1-3,8-9,15-16H,4-7H2;1-2,7-9,15-16H,3-6H2;1-3,8-9,15-16H,4-7H2. The molecule has 10 N–H and O–H groups in total. The van der Waals surface area contributed by atoms with Crippen LogP contribution in [0.4, 0.5) is 8.78 Å². The molecule has 5 aliphatic heterocycles. The second kappa shape index (κ2) is 26.9. The molecule has 5 aromatic heterocycles. The molecule has 5 fully saturated rings. The number of halogens is 5. The van der Waals surface area contributed by atoms with E-state index in [1.54, 1.807) is 18.2 Å². The van der Waals surface area contributed by atoms with E-state index in [0.29, 0.717) is 29.6 Å². The first-order valence-electron chi connectivity index (χ1n) is 29.1. The molecular formula is C65H75Cl3F2N10. The Hall–Kier alpha value is -5.67. The van der Waals surface area contributed by atoms with Crippen LogP contribution in [0.2, 0.25) is 15.1 Å². The molecule has 420 valence electrons. The summed E-state index contributed by atoms with van der Waals surface area (Å²) >= 11 is 18.3. The van der Waals surface area contributed by atoms with Crippen molar-refractivity contribution in [1.29, 1.82) is 0 Å². The van der Waals surface area contributed by atoms with Crippen LogP contribution in [-0.4, -0.2) is 90.4 Å². The van der Waals surface area contributed by atoms with Crippen molar-refractivity contribution in [3.63, 3.8) is 0 Å². The van der Waals surface area contributed by atoms with Crippen LogP contribution in [0.15, 0.2) is 122 Å². The monoisotopic (exact) mass is 1140 g/mol. The zero-order chi connectivity index (χ0) is 54.8. The molecule has 0 saturated carbocycles. The van der Waals surface area contributed by atoms with Gasteiger partial charge in [0.15, 0.2) is 0 Å². The number of piperidine rings is 5. The van der Waals surface area contributed by atoms with Gasteiger partial charge in [0.1, 0.15) is 11.6 Å². The number of hydrogen-bond donors (Lipinski definition) is 10. The molecule has 5 saturated heterocycles. The number of fused-ring (bicyclic) bond motifs is 5. The highest BCUT2D eigenvalue weighted by Crippen LogP contribution is 2.38. The highest BCUT2D eigenvalue weighted by Gasteiger charge is 2.24.